The molecule has 37 heavy (non-hydrogen) atoms. The van der Waals surface area contributed by atoms with E-state index in [4.69, 9.17) is 9.47 Å². The fourth-order valence-corrected chi connectivity index (χ4v) is 4.60. The molecule has 1 fully saturated rings. The number of hydrogen-bond donors (Lipinski definition) is 1. The van der Waals surface area contributed by atoms with E-state index >= 15 is 0 Å². The van der Waals surface area contributed by atoms with E-state index < -0.39 is 4.92 Å². The summed E-state index contributed by atoms with van der Waals surface area (Å²) in [5.74, 6) is 1.33. The van der Waals surface area contributed by atoms with Crippen LogP contribution in [0.4, 0.5) is 22.0 Å². The average Bonchev–Trinajstić information content (AvgIpc) is 2.87. The molecule has 0 saturated carbocycles. The molecule has 1 N–H and O–H groups in total. The van der Waals surface area contributed by atoms with Crippen molar-refractivity contribution in [2.24, 2.45) is 11.8 Å². The van der Waals surface area contributed by atoms with Crippen LogP contribution in [0.15, 0.2) is 47.2 Å². The summed E-state index contributed by atoms with van der Waals surface area (Å²) in [7, 11) is 0. The Morgan fingerprint density at radius 1 is 1.24 bits per heavy atom. The van der Waals surface area contributed by atoms with E-state index in [1.165, 1.54) is 12.4 Å². The van der Waals surface area contributed by atoms with Crippen molar-refractivity contribution in [3.63, 3.8) is 0 Å². The van der Waals surface area contributed by atoms with Gasteiger partial charge in [-0.3, -0.25) is 10.1 Å². The van der Waals surface area contributed by atoms with E-state index in [2.05, 4.69) is 31.2 Å². The van der Waals surface area contributed by atoms with Gasteiger partial charge in [-0.15, -0.1) is 0 Å². The Kier molecular flexibility index (Phi) is 8.75. The third kappa shape index (κ3) is 7.06. The van der Waals surface area contributed by atoms with Gasteiger partial charge in [0.05, 0.1) is 29.0 Å². The highest BCUT2D eigenvalue weighted by Crippen LogP contribution is 2.35. The van der Waals surface area contributed by atoms with Crippen molar-refractivity contribution in [3.05, 3.63) is 57.3 Å². The second-order valence-corrected chi connectivity index (χ2v) is 10.4. The van der Waals surface area contributed by atoms with Gasteiger partial charge in [0.1, 0.15) is 12.1 Å². The van der Waals surface area contributed by atoms with Crippen LogP contribution in [0.3, 0.4) is 0 Å². The van der Waals surface area contributed by atoms with Crippen molar-refractivity contribution in [1.82, 2.24) is 14.9 Å². The van der Waals surface area contributed by atoms with E-state index in [1.807, 2.05) is 38.1 Å². The maximum atomic E-state index is 12.2. The minimum Gasteiger partial charge on any atom is -0.487 e. The molecular weight excluding hydrogens is 542 g/mol. The number of nitrogens with one attached hydrogen (secondary N) is 1. The Morgan fingerprint density at radius 3 is 2.73 bits per heavy atom. The number of hydrogen-bond acceptors (Lipinski definition) is 8. The minimum absolute atomic E-state index is 0.137. The lowest BCUT2D eigenvalue weighted by molar-refractivity contribution is -0.385. The molecule has 0 unspecified atom stereocenters. The molecular formula is C26H30BrN5O5. The number of anilines is 2. The fourth-order valence-electron chi connectivity index (χ4n) is 4.20. The van der Waals surface area contributed by atoms with Crippen LogP contribution in [0.1, 0.15) is 33.1 Å². The zero-order valence-corrected chi connectivity index (χ0v) is 22.4. The first-order chi connectivity index (χ1) is 17.8. The summed E-state index contributed by atoms with van der Waals surface area (Å²) in [6, 6.07) is 10.6. The lowest BCUT2D eigenvalue weighted by Gasteiger charge is -2.31. The molecule has 2 aromatic carbocycles. The van der Waals surface area contributed by atoms with Gasteiger partial charge >= 0.3 is 11.8 Å². The van der Waals surface area contributed by atoms with E-state index in [0.29, 0.717) is 54.9 Å². The number of fused-ring (bicyclic) bond motifs is 1. The summed E-state index contributed by atoms with van der Waals surface area (Å²) in [6.07, 6.45) is 3.59. The normalized spacial score (nSPS) is 14.1. The standard InChI is InChI=1S/C26H30BrN5O5/c1-17(2)15-37-26(33)31-9-6-18(7-10-31)8-11-36-24-14-22-21(13-23(24)32(34)35)25(29-16-28-22)30-20-5-3-4-19(27)12-20/h3-5,12-14,16-18H,6-11,15H2,1-2H3,(H,28,29,30). The summed E-state index contributed by atoms with van der Waals surface area (Å²) in [5, 5.41) is 15.6. The van der Waals surface area contributed by atoms with Crippen molar-refractivity contribution in [3.8, 4) is 5.75 Å². The summed E-state index contributed by atoms with van der Waals surface area (Å²) in [6.45, 7) is 6.05. The van der Waals surface area contributed by atoms with Gasteiger partial charge in [-0.1, -0.05) is 35.8 Å². The second-order valence-electron chi connectivity index (χ2n) is 9.49. The van der Waals surface area contributed by atoms with Crippen molar-refractivity contribution >= 4 is 50.1 Å². The van der Waals surface area contributed by atoms with Crippen molar-refractivity contribution in [2.75, 3.05) is 31.6 Å². The summed E-state index contributed by atoms with van der Waals surface area (Å²) in [5.41, 5.74) is 1.19. The number of ether oxygens (including phenoxy) is 2. The molecule has 1 aliphatic heterocycles. The van der Waals surface area contributed by atoms with E-state index in [0.717, 1.165) is 29.4 Å². The topological polar surface area (TPSA) is 120 Å². The molecule has 2 heterocycles. The SMILES string of the molecule is CC(C)COC(=O)N1CCC(CCOc2cc3ncnc(Nc4cccc(Br)c4)c3cc2[N+](=O)[O-])CC1. The molecule has 1 aliphatic rings. The summed E-state index contributed by atoms with van der Waals surface area (Å²) >= 11 is 3.44. The van der Waals surface area contributed by atoms with Crippen LogP contribution in [0.25, 0.3) is 10.9 Å². The van der Waals surface area contributed by atoms with Crippen LogP contribution in [0, 0.1) is 22.0 Å². The Hall–Kier alpha value is -3.47. The fraction of sp³-hybridized carbons (Fsp3) is 0.423. The van der Waals surface area contributed by atoms with Crippen molar-refractivity contribution in [1.29, 1.82) is 0 Å². The number of likely N-dealkylation sites (tertiary alicyclic amines) is 1. The highest BCUT2D eigenvalue weighted by molar-refractivity contribution is 9.10. The number of nitro benzene ring substituents is 1. The van der Waals surface area contributed by atoms with E-state index in [1.54, 1.807) is 11.0 Å². The number of halogens is 1. The molecule has 1 amide bonds. The van der Waals surface area contributed by atoms with Gasteiger partial charge in [0.15, 0.2) is 5.75 Å². The number of carbonyl (C=O) groups excluding carboxylic acids is 1. The number of benzene rings is 2. The number of piperidine rings is 1. The third-order valence-electron chi connectivity index (χ3n) is 6.20. The largest absolute Gasteiger partial charge is 0.487 e. The highest BCUT2D eigenvalue weighted by Gasteiger charge is 2.25. The van der Waals surface area contributed by atoms with Gasteiger partial charge in [0, 0.05) is 35.4 Å². The molecule has 0 atom stereocenters. The number of nitro groups is 1. The van der Waals surface area contributed by atoms with Crippen LogP contribution < -0.4 is 10.1 Å². The van der Waals surface area contributed by atoms with E-state index in [9.17, 15) is 14.9 Å². The molecule has 1 aromatic heterocycles. The predicted octanol–water partition coefficient (Wildman–Crippen LogP) is 6.32. The Bertz CT molecular complexity index is 1260. The molecule has 1 saturated heterocycles. The van der Waals surface area contributed by atoms with Gasteiger partial charge < -0.3 is 19.7 Å². The maximum Gasteiger partial charge on any atom is 0.409 e. The zero-order valence-electron chi connectivity index (χ0n) is 20.9. The predicted molar refractivity (Wildman–Crippen MR) is 144 cm³/mol. The van der Waals surface area contributed by atoms with Crippen LogP contribution >= 0.6 is 15.9 Å². The molecule has 0 radical (unpaired) electrons. The molecule has 3 aromatic rings. The third-order valence-corrected chi connectivity index (χ3v) is 6.69. The van der Waals surface area contributed by atoms with Crippen LogP contribution in [0.2, 0.25) is 0 Å². The molecule has 196 valence electrons. The first kappa shape index (κ1) is 26.6. The van der Waals surface area contributed by atoms with Crippen LogP contribution in [0.5, 0.6) is 5.75 Å². The number of rotatable bonds is 9. The van der Waals surface area contributed by atoms with Gasteiger partial charge in [-0.05, 0) is 49.3 Å². The molecule has 0 spiro atoms. The van der Waals surface area contributed by atoms with Gasteiger partial charge in [0.25, 0.3) is 0 Å². The summed E-state index contributed by atoms with van der Waals surface area (Å²) in [4.78, 5) is 33.9. The second kappa shape index (κ2) is 12.2. The molecule has 0 aliphatic carbocycles. The maximum absolute atomic E-state index is 12.2. The Balaban J connectivity index is 1.39. The smallest absolute Gasteiger partial charge is 0.409 e. The summed E-state index contributed by atoms with van der Waals surface area (Å²) < 4.78 is 12.1. The molecule has 4 rings (SSSR count). The first-order valence-corrected chi connectivity index (χ1v) is 13.1. The monoisotopic (exact) mass is 571 g/mol. The van der Waals surface area contributed by atoms with Crippen LogP contribution in [-0.4, -0.2) is 52.2 Å². The molecule has 10 nitrogen and oxygen atoms in total. The molecule has 11 heteroatoms. The van der Waals surface area contributed by atoms with Crippen molar-refractivity contribution in [2.45, 2.75) is 33.1 Å². The lowest BCUT2D eigenvalue weighted by Crippen LogP contribution is -2.39. The van der Waals surface area contributed by atoms with Crippen LogP contribution in [-0.2, 0) is 4.74 Å². The highest BCUT2D eigenvalue weighted by atomic mass is 79.9. The van der Waals surface area contributed by atoms with Gasteiger partial charge in [-0.25, -0.2) is 14.8 Å². The lowest BCUT2D eigenvalue weighted by atomic mass is 9.94. The van der Waals surface area contributed by atoms with Gasteiger partial charge in [-0.2, -0.15) is 0 Å². The number of aromatic nitrogens is 2. The number of nitrogens with zero attached hydrogens (tertiary/aromatic N) is 4. The number of amides is 1. The van der Waals surface area contributed by atoms with Gasteiger partial charge in [0.2, 0.25) is 0 Å². The Morgan fingerprint density at radius 2 is 2.03 bits per heavy atom. The zero-order chi connectivity index (χ0) is 26.4. The van der Waals surface area contributed by atoms with E-state index in [-0.39, 0.29) is 17.5 Å². The Labute approximate surface area is 223 Å². The average molecular weight is 572 g/mol. The molecule has 0 bridgehead atoms. The number of carbonyl (C=O) groups is 1. The minimum atomic E-state index is -0.452. The quantitative estimate of drug-likeness (QED) is 0.234. The van der Waals surface area contributed by atoms with Crippen molar-refractivity contribution < 1.29 is 19.2 Å². The first-order valence-electron chi connectivity index (χ1n) is 12.3.